The molecule has 5 unspecified atom stereocenters. The molecule has 0 radical (unpaired) electrons. The van der Waals surface area contributed by atoms with Crippen LogP contribution in [0, 0.1) is 0 Å². The van der Waals surface area contributed by atoms with Crippen molar-refractivity contribution >= 4 is 65.4 Å². The molecule has 2 rings (SSSR count). The van der Waals surface area contributed by atoms with Gasteiger partial charge in [-0.1, -0.05) is 30.3 Å². The largest absolute Gasteiger partial charge is 0.463 e. The van der Waals surface area contributed by atoms with Crippen LogP contribution in [-0.2, 0) is 87.7 Å². The summed E-state index contributed by atoms with van der Waals surface area (Å²) in [5.74, 6) is -5.72. The SMILES string of the molecule is CC(=O)NC1C(SNC(=O)CCOCC(COCCC(N)=O)(COCCC(N)=O)NC(=O)CCCC(=O)OCc2ccccc2)OC(COC(C)=O)C(OC(C)=O)C1OC(C)=O. The molecular formula is C39H57N5O17S. The highest BCUT2D eigenvalue weighted by Gasteiger charge is 2.51. The molecular weight excluding hydrogens is 843 g/mol. The summed E-state index contributed by atoms with van der Waals surface area (Å²) in [6.07, 6.45) is -4.44. The third-order valence-corrected chi connectivity index (χ3v) is 9.37. The van der Waals surface area contributed by atoms with Gasteiger partial charge in [0.2, 0.25) is 29.5 Å². The predicted molar refractivity (Wildman–Crippen MR) is 215 cm³/mol. The summed E-state index contributed by atoms with van der Waals surface area (Å²) in [6, 6.07) is 7.89. The lowest BCUT2D eigenvalue weighted by Gasteiger charge is -2.44. The number of esters is 4. The third kappa shape index (κ3) is 21.9. The van der Waals surface area contributed by atoms with E-state index in [-0.39, 0.29) is 84.8 Å². The smallest absolute Gasteiger partial charge is 0.306 e. The number of rotatable bonds is 29. The molecule has 1 fully saturated rings. The Hall–Kier alpha value is -5.36. The number of nitrogens with two attached hydrogens (primary N) is 2. The molecule has 7 N–H and O–H groups in total. The number of carbonyl (C=O) groups excluding carboxylic acids is 9. The Morgan fingerprint density at radius 1 is 0.694 bits per heavy atom. The molecule has 22 nitrogen and oxygen atoms in total. The van der Waals surface area contributed by atoms with Crippen LogP contribution in [0.1, 0.15) is 71.8 Å². The number of hydrogen-bond donors (Lipinski definition) is 5. The quantitative estimate of drug-likeness (QED) is 0.0289. The Kier molecular flexibility index (Phi) is 24.1. The number of amides is 5. The average molecular weight is 900 g/mol. The van der Waals surface area contributed by atoms with Crippen LogP contribution >= 0.6 is 11.9 Å². The number of nitrogens with one attached hydrogen (secondary N) is 3. The number of primary amides is 2. The van der Waals surface area contributed by atoms with E-state index in [0.29, 0.717) is 11.9 Å². The highest BCUT2D eigenvalue weighted by Crippen LogP contribution is 2.31. The monoisotopic (exact) mass is 899 g/mol. The van der Waals surface area contributed by atoms with Gasteiger partial charge in [0, 0.05) is 53.4 Å². The second-order valence-corrected chi connectivity index (χ2v) is 14.9. The first-order valence-corrected chi connectivity index (χ1v) is 20.4. The van der Waals surface area contributed by atoms with Crippen LogP contribution in [0.2, 0.25) is 0 Å². The first kappa shape index (κ1) is 52.8. The molecule has 1 aromatic carbocycles. The lowest BCUT2D eigenvalue weighted by Crippen LogP contribution is -2.65. The van der Waals surface area contributed by atoms with Crippen LogP contribution in [0.25, 0.3) is 0 Å². The first-order valence-electron chi connectivity index (χ1n) is 19.5. The van der Waals surface area contributed by atoms with Gasteiger partial charge in [0.15, 0.2) is 12.2 Å². The van der Waals surface area contributed by atoms with Crippen molar-refractivity contribution in [2.75, 3.05) is 46.2 Å². The fourth-order valence-corrected chi connectivity index (χ4v) is 6.59. The summed E-state index contributed by atoms with van der Waals surface area (Å²) in [7, 11) is 0. The van der Waals surface area contributed by atoms with Gasteiger partial charge in [-0.15, -0.1) is 0 Å². The fourth-order valence-electron chi connectivity index (χ4n) is 5.67. The number of carbonyl (C=O) groups is 9. The molecule has 23 heteroatoms. The van der Waals surface area contributed by atoms with E-state index >= 15 is 0 Å². The summed E-state index contributed by atoms with van der Waals surface area (Å²) >= 11 is 0.691. The van der Waals surface area contributed by atoms with Gasteiger partial charge in [-0.3, -0.25) is 47.9 Å². The standard InChI is InChI=1S/C39H57N5O17S/c1-24(45)42-35-37(60-27(4)48)36(59-26(3)47)29(20-57-25(2)46)61-38(35)62-44-33(52)15-18-56-23-39(21-54-16-13-30(40)49,22-55-17-14-31(41)50)43-32(51)11-8-12-34(53)58-19-28-9-6-5-7-10-28/h5-7,9-10,29,35-38H,8,11-23H2,1-4H3,(H2,40,49)(H2,41,50)(H,42,45)(H,43,51)(H,44,52). The molecule has 1 heterocycles. The zero-order valence-electron chi connectivity index (χ0n) is 35.2. The van der Waals surface area contributed by atoms with Gasteiger partial charge in [0.1, 0.15) is 36.3 Å². The molecule has 0 bridgehead atoms. The van der Waals surface area contributed by atoms with E-state index in [1.165, 1.54) is 6.92 Å². The number of ether oxygens (including phenoxy) is 8. The molecule has 1 saturated heterocycles. The summed E-state index contributed by atoms with van der Waals surface area (Å²) < 4.78 is 47.0. The number of benzene rings is 1. The Labute approximate surface area is 362 Å². The highest BCUT2D eigenvalue weighted by atomic mass is 32.2. The Bertz CT molecular complexity index is 1650. The minimum absolute atomic E-state index is 0.0530. The maximum Gasteiger partial charge on any atom is 0.306 e. The van der Waals surface area contributed by atoms with Gasteiger partial charge in [0.05, 0.1) is 46.1 Å². The molecule has 5 amide bonds. The zero-order chi connectivity index (χ0) is 46.1. The van der Waals surface area contributed by atoms with Gasteiger partial charge < -0.3 is 60.0 Å². The predicted octanol–water partition coefficient (Wildman–Crippen LogP) is -0.634. The van der Waals surface area contributed by atoms with E-state index in [9.17, 15) is 43.2 Å². The zero-order valence-corrected chi connectivity index (χ0v) is 36.0. The third-order valence-electron chi connectivity index (χ3n) is 8.39. The van der Waals surface area contributed by atoms with Crippen molar-refractivity contribution in [2.45, 2.75) is 108 Å². The minimum atomic E-state index is -1.44. The van der Waals surface area contributed by atoms with E-state index in [1.54, 1.807) is 12.1 Å². The Morgan fingerprint density at radius 3 is 1.79 bits per heavy atom. The second-order valence-electron chi connectivity index (χ2n) is 14.0. The molecule has 346 valence electrons. The van der Waals surface area contributed by atoms with E-state index in [2.05, 4.69) is 15.4 Å². The summed E-state index contributed by atoms with van der Waals surface area (Å²) in [5.41, 5.74) is 8.69. The van der Waals surface area contributed by atoms with Gasteiger partial charge in [0.25, 0.3) is 0 Å². The van der Waals surface area contributed by atoms with Crippen LogP contribution in [-0.4, -0.2) is 135 Å². The van der Waals surface area contributed by atoms with Gasteiger partial charge in [-0.25, -0.2) is 0 Å². The van der Waals surface area contributed by atoms with Crippen molar-refractivity contribution in [1.82, 2.24) is 15.4 Å². The fraction of sp³-hybridized carbons (Fsp3) is 0.615. The van der Waals surface area contributed by atoms with Crippen LogP contribution in [0.5, 0.6) is 0 Å². The molecule has 5 atom stereocenters. The molecule has 1 aliphatic heterocycles. The normalized spacial score (nSPS) is 18.4. The van der Waals surface area contributed by atoms with Crippen LogP contribution in [0.4, 0.5) is 0 Å². The summed E-state index contributed by atoms with van der Waals surface area (Å²) in [6.45, 7) is 2.87. The lowest BCUT2D eigenvalue weighted by molar-refractivity contribution is -0.211. The molecule has 1 aliphatic rings. The minimum Gasteiger partial charge on any atom is -0.463 e. The first-order chi connectivity index (χ1) is 29.4. The molecule has 1 aromatic rings. The van der Waals surface area contributed by atoms with Crippen LogP contribution in [0.3, 0.4) is 0 Å². The summed E-state index contributed by atoms with van der Waals surface area (Å²) in [4.78, 5) is 110. The van der Waals surface area contributed by atoms with Crippen molar-refractivity contribution < 1.29 is 81.0 Å². The number of hydrogen-bond acceptors (Lipinski definition) is 18. The second kappa shape index (κ2) is 28.3. The lowest BCUT2D eigenvalue weighted by atomic mass is 9.97. The van der Waals surface area contributed by atoms with Crippen molar-refractivity contribution in [3.8, 4) is 0 Å². The van der Waals surface area contributed by atoms with Crippen LogP contribution < -0.4 is 26.8 Å². The molecule has 0 saturated carbocycles. The van der Waals surface area contributed by atoms with Crippen molar-refractivity contribution in [2.24, 2.45) is 11.5 Å². The van der Waals surface area contributed by atoms with E-state index in [0.717, 1.165) is 26.3 Å². The van der Waals surface area contributed by atoms with Crippen molar-refractivity contribution in [1.29, 1.82) is 0 Å². The maximum atomic E-state index is 13.3. The van der Waals surface area contributed by atoms with Crippen molar-refractivity contribution in [3.05, 3.63) is 35.9 Å². The van der Waals surface area contributed by atoms with Gasteiger partial charge in [-0.05, 0) is 23.9 Å². The Balaban J connectivity index is 2.15. The molecule has 0 aliphatic carbocycles. The molecule has 0 spiro atoms. The van der Waals surface area contributed by atoms with Gasteiger partial charge >= 0.3 is 23.9 Å². The van der Waals surface area contributed by atoms with Crippen molar-refractivity contribution in [3.63, 3.8) is 0 Å². The van der Waals surface area contributed by atoms with Gasteiger partial charge in [-0.2, -0.15) is 0 Å². The van der Waals surface area contributed by atoms with E-state index in [1.807, 2.05) is 18.2 Å². The average Bonchev–Trinajstić information content (AvgIpc) is 3.19. The molecule has 62 heavy (non-hydrogen) atoms. The van der Waals surface area contributed by atoms with E-state index in [4.69, 9.17) is 49.4 Å². The molecule has 0 aromatic heterocycles. The Morgan fingerprint density at radius 2 is 1.26 bits per heavy atom. The van der Waals surface area contributed by atoms with Crippen LogP contribution in [0.15, 0.2) is 30.3 Å². The van der Waals surface area contributed by atoms with E-state index < -0.39 is 95.3 Å². The summed E-state index contributed by atoms with van der Waals surface area (Å²) in [5, 5.41) is 5.42. The maximum absolute atomic E-state index is 13.3. The highest BCUT2D eigenvalue weighted by molar-refractivity contribution is 7.98. The topological polar surface area (TPSA) is 316 Å².